The summed E-state index contributed by atoms with van der Waals surface area (Å²) in [7, 11) is 0. The lowest BCUT2D eigenvalue weighted by Gasteiger charge is -2.26. The number of fused-ring (bicyclic) bond motifs is 1. The van der Waals surface area contributed by atoms with Gasteiger partial charge in [-0.2, -0.15) is 0 Å². The Kier molecular flexibility index (Phi) is 4.94. The van der Waals surface area contributed by atoms with Crippen LogP contribution < -0.4 is 5.32 Å². The zero-order chi connectivity index (χ0) is 18.8. The number of aryl methyl sites for hydroxylation is 1. The van der Waals surface area contributed by atoms with Crippen molar-refractivity contribution in [2.45, 2.75) is 32.7 Å². The number of imidazole rings is 1. The summed E-state index contributed by atoms with van der Waals surface area (Å²) < 4.78 is 7.25. The van der Waals surface area contributed by atoms with Crippen LogP contribution in [0, 0.1) is 6.92 Å². The van der Waals surface area contributed by atoms with Gasteiger partial charge in [0.05, 0.1) is 18.9 Å². The SMILES string of the molecule is Cc1ccc(NC(=O)c2nc(C(=O)N3CCOCC3)c3n2CCCC3)cc1. The second-order valence-corrected chi connectivity index (χ2v) is 7.06. The average Bonchev–Trinajstić information content (AvgIpc) is 3.10. The van der Waals surface area contributed by atoms with Crippen LogP contribution in [0.1, 0.15) is 45.2 Å². The number of ether oxygens (including phenoxy) is 1. The average molecular weight is 368 g/mol. The third-order valence-corrected chi connectivity index (χ3v) is 5.13. The first-order valence-electron chi connectivity index (χ1n) is 9.48. The minimum absolute atomic E-state index is 0.0988. The van der Waals surface area contributed by atoms with Gasteiger partial charge in [-0.3, -0.25) is 9.59 Å². The number of morpholine rings is 1. The second-order valence-electron chi connectivity index (χ2n) is 7.06. The largest absolute Gasteiger partial charge is 0.378 e. The van der Waals surface area contributed by atoms with Gasteiger partial charge in [0.2, 0.25) is 0 Å². The molecule has 0 saturated carbocycles. The van der Waals surface area contributed by atoms with Crippen LogP contribution in [0.25, 0.3) is 0 Å². The molecule has 0 atom stereocenters. The number of hydrogen-bond acceptors (Lipinski definition) is 4. The molecular formula is C20H24N4O3. The van der Waals surface area contributed by atoms with Crippen LogP contribution in [-0.4, -0.2) is 52.6 Å². The molecule has 2 aliphatic rings. The van der Waals surface area contributed by atoms with Crippen molar-refractivity contribution in [3.8, 4) is 0 Å². The highest BCUT2D eigenvalue weighted by Crippen LogP contribution is 2.23. The third-order valence-electron chi connectivity index (χ3n) is 5.13. The molecule has 1 fully saturated rings. The van der Waals surface area contributed by atoms with Gasteiger partial charge in [-0.25, -0.2) is 4.98 Å². The van der Waals surface area contributed by atoms with E-state index in [0.29, 0.717) is 37.8 Å². The number of rotatable bonds is 3. The van der Waals surface area contributed by atoms with Crippen molar-refractivity contribution in [1.82, 2.24) is 14.5 Å². The Labute approximate surface area is 158 Å². The zero-order valence-electron chi connectivity index (χ0n) is 15.5. The predicted molar refractivity (Wildman–Crippen MR) is 101 cm³/mol. The van der Waals surface area contributed by atoms with E-state index in [9.17, 15) is 9.59 Å². The van der Waals surface area contributed by atoms with Crippen molar-refractivity contribution < 1.29 is 14.3 Å². The van der Waals surface area contributed by atoms with Crippen LogP contribution in [-0.2, 0) is 17.7 Å². The van der Waals surface area contributed by atoms with Crippen molar-refractivity contribution in [3.63, 3.8) is 0 Å². The number of carbonyl (C=O) groups is 2. The summed E-state index contributed by atoms with van der Waals surface area (Å²) >= 11 is 0. The number of aromatic nitrogens is 2. The van der Waals surface area contributed by atoms with E-state index in [4.69, 9.17) is 4.74 Å². The summed E-state index contributed by atoms with van der Waals surface area (Å²) in [6.07, 6.45) is 2.77. The quantitative estimate of drug-likeness (QED) is 0.902. The number of nitrogens with one attached hydrogen (secondary N) is 1. The van der Waals surface area contributed by atoms with E-state index < -0.39 is 0 Å². The van der Waals surface area contributed by atoms with Gasteiger partial charge < -0.3 is 19.5 Å². The molecule has 2 aromatic rings. The number of carbonyl (C=O) groups excluding carboxylic acids is 2. The molecule has 7 heteroatoms. The lowest BCUT2D eigenvalue weighted by molar-refractivity contribution is 0.0298. The Morgan fingerprint density at radius 3 is 2.56 bits per heavy atom. The highest BCUT2D eigenvalue weighted by atomic mass is 16.5. The molecule has 0 unspecified atom stereocenters. The molecule has 1 aromatic heterocycles. The molecular weight excluding hydrogens is 344 g/mol. The molecule has 7 nitrogen and oxygen atoms in total. The molecule has 0 aliphatic carbocycles. The van der Waals surface area contributed by atoms with Crippen LogP contribution in [0.3, 0.4) is 0 Å². The van der Waals surface area contributed by atoms with E-state index in [1.54, 1.807) is 4.90 Å². The lowest BCUT2D eigenvalue weighted by atomic mass is 10.1. The highest BCUT2D eigenvalue weighted by Gasteiger charge is 2.30. The zero-order valence-corrected chi connectivity index (χ0v) is 15.5. The van der Waals surface area contributed by atoms with E-state index in [2.05, 4.69) is 10.3 Å². The molecule has 27 heavy (non-hydrogen) atoms. The molecule has 1 aromatic carbocycles. The first kappa shape index (κ1) is 17.7. The van der Waals surface area contributed by atoms with Crippen LogP contribution in [0.4, 0.5) is 5.69 Å². The Morgan fingerprint density at radius 1 is 1.07 bits per heavy atom. The maximum Gasteiger partial charge on any atom is 0.291 e. The minimum atomic E-state index is -0.275. The monoisotopic (exact) mass is 368 g/mol. The fraction of sp³-hybridized carbons (Fsp3) is 0.450. The van der Waals surface area contributed by atoms with Gasteiger partial charge >= 0.3 is 0 Å². The molecule has 0 spiro atoms. The smallest absolute Gasteiger partial charge is 0.291 e. The van der Waals surface area contributed by atoms with E-state index >= 15 is 0 Å². The van der Waals surface area contributed by atoms with Crippen molar-refractivity contribution in [2.24, 2.45) is 0 Å². The fourth-order valence-corrected chi connectivity index (χ4v) is 3.63. The molecule has 0 bridgehead atoms. The van der Waals surface area contributed by atoms with Gasteiger partial charge in [-0.05, 0) is 38.3 Å². The summed E-state index contributed by atoms with van der Waals surface area (Å²) in [6.45, 7) is 4.94. The van der Waals surface area contributed by atoms with E-state index in [0.717, 1.165) is 42.8 Å². The number of amides is 2. The van der Waals surface area contributed by atoms with Crippen molar-refractivity contribution in [3.05, 3.63) is 47.0 Å². The van der Waals surface area contributed by atoms with Crippen molar-refractivity contribution in [1.29, 1.82) is 0 Å². The van der Waals surface area contributed by atoms with Crippen LogP contribution in [0.2, 0.25) is 0 Å². The maximum atomic E-state index is 13.0. The Balaban J connectivity index is 1.62. The topological polar surface area (TPSA) is 76.5 Å². The molecule has 142 valence electrons. The lowest BCUT2D eigenvalue weighted by Crippen LogP contribution is -2.41. The molecule has 4 rings (SSSR count). The van der Waals surface area contributed by atoms with E-state index in [-0.39, 0.29) is 11.8 Å². The first-order chi connectivity index (χ1) is 13.1. The van der Waals surface area contributed by atoms with Gasteiger partial charge in [0, 0.05) is 25.3 Å². The van der Waals surface area contributed by atoms with Gasteiger partial charge in [0.25, 0.3) is 11.8 Å². The minimum Gasteiger partial charge on any atom is -0.378 e. The van der Waals surface area contributed by atoms with E-state index in [1.807, 2.05) is 35.8 Å². The number of benzene rings is 1. The standard InChI is InChI=1S/C20H24N4O3/c1-14-5-7-15(8-6-14)21-19(25)18-22-17(16-4-2-3-9-24(16)18)20(26)23-10-12-27-13-11-23/h5-8H,2-4,9-13H2,1H3,(H,21,25). The van der Waals surface area contributed by atoms with E-state index in [1.165, 1.54) is 0 Å². The predicted octanol–water partition coefficient (Wildman–Crippen LogP) is 2.25. The first-order valence-corrected chi connectivity index (χ1v) is 9.48. The fourth-order valence-electron chi connectivity index (χ4n) is 3.63. The number of nitrogens with zero attached hydrogens (tertiary/aromatic N) is 3. The van der Waals surface area contributed by atoms with Gasteiger partial charge in [-0.1, -0.05) is 17.7 Å². The van der Waals surface area contributed by atoms with Crippen LogP contribution >= 0.6 is 0 Å². The van der Waals surface area contributed by atoms with Gasteiger partial charge in [0.1, 0.15) is 5.69 Å². The maximum absolute atomic E-state index is 13.0. The number of hydrogen-bond donors (Lipinski definition) is 1. The molecule has 1 N–H and O–H groups in total. The summed E-state index contributed by atoms with van der Waals surface area (Å²) in [5.74, 6) is -0.0525. The van der Waals surface area contributed by atoms with Crippen LogP contribution in [0.15, 0.2) is 24.3 Å². The van der Waals surface area contributed by atoms with Crippen molar-refractivity contribution in [2.75, 3.05) is 31.6 Å². The summed E-state index contributed by atoms with van der Waals surface area (Å²) in [6, 6.07) is 7.63. The summed E-state index contributed by atoms with van der Waals surface area (Å²) in [4.78, 5) is 32.1. The summed E-state index contributed by atoms with van der Waals surface area (Å²) in [5, 5.41) is 2.90. The highest BCUT2D eigenvalue weighted by molar-refractivity contribution is 6.03. The van der Waals surface area contributed by atoms with Crippen LogP contribution in [0.5, 0.6) is 0 Å². The molecule has 0 radical (unpaired) electrons. The second kappa shape index (κ2) is 7.52. The Hall–Kier alpha value is -2.67. The van der Waals surface area contributed by atoms with Gasteiger partial charge in [0.15, 0.2) is 5.82 Å². The summed E-state index contributed by atoms with van der Waals surface area (Å²) in [5.41, 5.74) is 3.15. The Morgan fingerprint density at radius 2 is 1.81 bits per heavy atom. The molecule has 2 aliphatic heterocycles. The van der Waals surface area contributed by atoms with Crippen molar-refractivity contribution >= 4 is 17.5 Å². The molecule has 1 saturated heterocycles. The van der Waals surface area contributed by atoms with Gasteiger partial charge in [-0.15, -0.1) is 0 Å². The molecule has 3 heterocycles. The molecule has 2 amide bonds. The Bertz CT molecular complexity index is 851. The normalized spacial score (nSPS) is 16.7. The third kappa shape index (κ3) is 3.60. The number of anilines is 1.